The first-order chi connectivity index (χ1) is 12.2. The van der Waals surface area contributed by atoms with Gasteiger partial charge in [0.25, 0.3) is 0 Å². The maximum absolute atomic E-state index is 11.2. The van der Waals surface area contributed by atoms with Crippen LogP contribution in [0, 0.1) is 0 Å². The van der Waals surface area contributed by atoms with E-state index in [1.807, 2.05) is 18.5 Å². The van der Waals surface area contributed by atoms with E-state index in [-0.39, 0.29) is 29.9 Å². The Labute approximate surface area is 177 Å². The molecule has 1 fully saturated rings. The summed E-state index contributed by atoms with van der Waals surface area (Å²) in [7, 11) is 0. The van der Waals surface area contributed by atoms with Crippen molar-refractivity contribution in [1.82, 2.24) is 9.88 Å². The molecule has 0 amide bonds. The van der Waals surface area contributed by atoms with E-state index in [1.165, 1.54) is 0 Å². The summed E-state index contributed by atoms with van der Waals surface area (Å²) >= 11 is 1.67. The molecule has 148 valence electrons. The molecule has 1 aromatic rings. The van der Waals surface area contributed by atoms with E-state index < -0.39 is 0 Å². The van der Waals surface area contributed by atoms with Crippen molar-refractivity contribution in [2.45, 2.75) is 39.0 Å². The number of hydrogen-bond acceptors (Lipinski definition) is 6. The summed E-state index contributed by atoms with van der Waals surface area (Å²) in [5.74, 6) is 0.548. The zero-order valence-electron chi connectivity index (χ0n) is 15.4. The smallest absolute Gasteiger partial charge is 0.305 e. The number of thiazole rings is 1. The minimum Gasteiger partial charge on any atom is -0.466 e. The fraction of sp³-hybridized carbons (Fsp3) is 0.706. The Morgan fingerprint density at radius 2 is 2.00 bits per heavy atom. The number of rotatable bonds is 9. The third kappa shape index (κ3) is 8.07. The third-order valence-corrected chi connectivity index (χ3v) is 4.99. The van der Waals surface area contributed by atoms with Crippen LogP contribution in [0.5, 0.6) is 0 Å². The molecule has 0 atom stereocenters. The van der Waals surface area contributed by atoms with Gasteiger partial charge in [0.05, 0.1) is 6.61 Å². The zero-order chi connectivity index (χ0) is 17.9. The highest BCUT2D eigenvalue weighted by molar-refractivity contribution is 14.0. The molecule has 0 saturated carbocycles. The van der Waals surface area contributed by atoms with Crippen molar-refractivity contribution in [3.63, 3.8) is 0 Å². The lowest BCUT2D eigenvalue weighted by molar-refractivity contribution is -0.143. The van der Waals surface area contributed by atoms with Gasteiger partial charge in [0, 0.05) is 50.7 Å². The molecule has 0 aromatic carbocycles. The standard InChI is InChI=1S/C17H29N5O2S.HI/c1-2-24-15(23)7-5-3-4-6-8-19-16(18)21-10-12-22(13-11-21)17-20-9-14-25-17;/h9,14H,2-8,10-13H2,1H3,(H2,18,19);1H. The average molecular weight is 495 g/mol. The highest BCUT2D eigenvalue weighted by atomic mass is 127. The van der Waals surface area contributed by atoms with Crippen molar-refractivity contribution in [3.05, 3.63) is 11.6 Å². The SMILES string of the molecule is CCOC(=O)CCCCCCN=C(N)N1CCN(c2nccs2)CC1.I. The Morgan fingerprint density at radius 1 is 1.27 bits per heavy atom. The number of carbonyl (C=O) groups is 1. The van der Waals surface area contributed by atoms with E-state index in [2.05, 4.69) is 19.8 Å². The summed E-state index contributed by atoms with van der Waals surface area (Å²) in [6.45, 7) is 6.67. The average Bonchev–Trinajstić information content (AvgIpc) is 3.16. The van der Waals surface area contributed by atoms with E-state index in [9.17, 15) is 4.79 Å². The van der Waals surface area contributed by atoms with Crippen LogP contribution in [0.15, 0.2) is 16.6 Å². The number of halogens is 1. The first-order valence-electron chi connectivity index (χ1n) is 9.05. The topological polar surface area (TPSA) is 84.0 Å². The van der Waals surface area contributed by atoms with Gasteiger partial charge in [0.15, 0.2) is 11.1 Å². The van der Waals surface area contributed by atoms with Gasteiger partial charge >= 0.3 is 5.97 Å². The third-order valence-electron chi connectivity index (χ3n) is 4.16. The Kier molecular flexibility index (Phi) is 11.6. The van der Waals surface area contributed by atoms with E-state index in [0.717, 1.165) is 63.5 Å². The second kappa shape index (κ2) is 13.1. The molecule has 9 heteroatoms. The van der Waals surface area contributed by atoms with E-state index in [0.29, 0.717) is 19.0 Å². The number of esters is 1. The molecular weight excluding hydrogens is 465 g/mol. The Hall–Kier alpha value is -1.10. The van der Waals surface area contributed by atoms with E-state index >= 15 is 0 Å². The van der Waals surface area contributed by atoms with Gasteiger partial charge < -0.3 is 20.3 Å². The normalized spacial score (nSPS) is 14.9. The molecular formula is C17H30IN5O2S. The first kappa shape index (κ1) is 22.9. The molecule has 1 aliphatic rings. The Balaban J connectivity index is 0.00000338. The lowest BCUT2D eigenvalue weighted by atomic mass is 10.1. The number of guanidine groups is 1. The van der Waals surface area contributed by atoms with Crippen LogP contribution in [0.4, 0.5) is 5.13 Å². The van der Waals surface area contributed by atoms with E-state index in [4.69, 9.17) is 10.5 Å². The number of anilines is 1. The van der Waals surface area contributed by atoms with Gasteiger partial charge in [-0.15, -0.1) is 35.3 Å². The van der Waals surface area contributed by atoms with Crippen molar-refractivity contribution in [1.29, 1.82) is 0 Å². The van der Waals surface area contributed by atoms with Gasteiger partial charge in [0.2, 0.25) is 0 Å². The summed E-state index contributed by atoms with van der Waals surface area (Å²) < 4.78 is 4.91. The first-order valence-corrected chi connectivity index (χ1v) is 9.93. The number of aliphatic imine (C=N–C) groups is 1. The van der Waals surface area contributed by atoms with Crippen molar-refractivity contribution < 1.29 is 9.53 Å². The number of aromatic nitrogens is 1. The fourth-order valence-electron chi connectivity index (χ4n) is 2.76. The molecule has 0 unspecified atom stereocenters. The van der Waals surface area contributed by atoms with Crippen LogP contribution in [-0.4, -0.2) is 61.1 Å². The number of nitrogens with zero attached hydrogens (tertiary/aromatic N) is 4. The molecule has 1 aliphatic heterocycles. The molecule has 2 heterocycles. The number of nitrogens with two attached hydrogens (primary N) is 1. The number of ether oxygens (including phenoxy) is 1. The quantitative estimate of drug-likeness (QED) is 0.187. The molecule has 0 radical (unpaired) electrons. The van der Waals surface area contributed by atoms with Crippen molar-refractivity contribution in [2.24, 2.45) is 10.7 Å². The number of piperazine rings is 1. The van der Waals surface area contributed by atoms with Crippen molar-refractivity contribution in [3.8, 4) is 0 Å². The monoisotopic (exact) mass is 495 g/mol. The van der Waals surface area contributed by atoms with Crippen LogP contribution in [-0.2, 0) is 9.53 Å². The molecule has 2 rings (SSSR count). The molecule has 26 heavy (non-hydrogen) atoms. The summed E-state index contributed by atoms with van der Waals surface area (Å²) in [5, 5.41) is 3.09. The van der Waals surface area contributed by atoms with Gasteiger partial charge in [-0.2, -0.15) is 0 Å². The van der Waals surface area contributed by atoms with Gasteiger partial charge in [-0.05, 0) is 19.8 Å². The summed E-state index contributed by atoms with van der Waals surface area (Å²) in [4.78, 5) is 24.5. The van der Waals surface area contributed by atoms with E-state index in [1.54, 1.807) is 11.3 Å². The highest BCUT2D eigenvalue weighted by Crippen LogP contribution is 2.18. The van der Waals surface area contributed by atoms with Crippen molar-refractivity contribution in [2.75, 3.05) is 44.2 Å². The molecule has 1 aromatic heterocycles. The molecule has 0 aliphatic carbocycles. The highest BCUT2D eigenvalue weighted by Gasteiger charge is 2.19. The van der Waals surface area contributed by atoms with Crippen LogP contribution >= 0.6 is 35.3 Å². The largest absolute Gasteiger partial charge is 0.466 e. The van der Waals surface area contributed by atoms with Crippen LogP contribution in [0.25, 0.3) is 0 Å². The maximum atomic E-state index is 11.2. The van der Waals surface area contributed by atoms with Gasteiger partial charge in [0.1, 0.15) is 0 Å². The summed E-state index contributed by atoms with van der Waals surface area (Å²) in [6.07, 6.45) is 6.34. The minimum absolute atomic E-state index is 0. The molecule has 0 bridgehead atoms. The van der Waals surface area contributed by atoms with Gasteiger partial charge in [-0.25, -0.2) is 4.98 Å². The number of hydrogen-bond donors (Lipinski definition) is 1. The minimum atomic E-state index is -0.0957. The van der Waals surface area contributed by atoms with Gasteiger partial charge in [-0.3, -0.25) is 9.79 Å². The zero-order valence-corrected chi connectivity index (χ0v) is 18.6. The fourth-order valence-corrected chi connectivity index (χ4v) is 3.46. The summed E-state index contributed by atoms with van der Waals surface area (Å²) in [6, 6.07) is 0. The predicted octanol–water partition coefficient (Wildman–Crippen LogP) is 2.71. The van der Waals surface area contributed by atoms with Gasteiger partial charge in [-0.1, -0.05) is 12.8 Å². The maximum Gasteiger partial charge on any atom is 0.305 e. The predicted molar refractivity (Wildman–Crippen MR) is 118 cm³/mol. The van der Waals surface area contributed by atoms with Crippen molar-refractivity contribution >= 4 is 52.4 Å². The number of carbonyl (C=O) groups excluding carboxylic acids is 1. The molecule has 2 N–H and O–H groups in total. The summed E-state index contributed by atoms with van der Waals surface area (Å²) in [5.41, 5.74) is 6.11. The molecule has 0 spiro atoms. The lowest BCUT2D eigenvalue weighted by Crippen LogP contribution is -2.51. The second-order valence-electron chi connectivity index (χ2n) is 6.00. The molecule has 1 saturated heterocycles. The Morgan fingerprint density at radius 3 is 2.65 bits per heavy atom. The molecule has 7 nitrogen and oxygen atoms in total. The number of unbranched alkanes of at least 4 members (excludes halogenated alkanes) is 3. The van der Waals surface area contributed by atoms with Crippen LogP contribution < -0.4 is 10.6 Å². The van der Waals surface area contributed by atoms with Crippen LogP contribution in [0.1, 0.15) is 39.0 Å². The lowest BCUT2D eigenvalue weighted by Gasteiger charge is -2.35. The Bertz CT molecular complexity index is 533. The van der Waals surface area contributed by atoms with Crippen LogP contribution in [0.2, 0.25) is 0 Å². The van der Waals surface area contributed by atoms with Crippen LogP contribution in [0.3, 0.4) is 0 Å². The second-order valence-corrected chi connectivity index (χ2v) is 6.87.